The number of ether oxygens (including phenoxy) is 1. The topological polar surface area (TPSA) is 229 Å². The number of nitrogens with one attached hydrogen (secondary N) is 5. The molecule has 7 N–H and O–H groups in total. The van der Waals surface area contributed by atoms with Crippen molar-refractivity contribution in [3.05, 3.63) is 131 Å². The lowest BCUT2D eigenvalue weighted by atomic mass is 9.84. The summed E-state index contributed by atoms with van der Waals surface area (Å²) < 4.78 is 128. The van der Waals surface area contributed by atoms with E-state index in [1.165, 1.54) is 30.6 Å². The van der Waals surface area contributed by atoms with E-state index in [9.17, 15) is 39.5 Å². The molecule has 10 aromatic rings. The molecule has 0 aliphatic carbocycles. The molecule has 4 aliphatic heterocycles. The van der Waals surface area contributed by atoms with Crippen molar-refractivity contribution in [3.8, 4) is 40.0 Å². The van der Waals surface area contributed by atoms with E-state index in [1.54, 1.807) is 60.8 Å². The molecule has 0 spiro atoms. The third-order valence-electron chi connectivity index (χ3n) is 14.7. The van der Waals surface area contributed by atoms with Crippen molar-refractivity contribution in [2.75, 3.05) is 55.6 Å². The number of hydrogen-bond donors (Lipinski definition) is 6. The van der Waals surface area contributed by atoms with E-state index in [0.29, 0.717) is 61.2 Å². The van der Waals surface area contributed by atoms with Gasteiger partial charge in [0, 0.05) is 83.5 Å². The van der Waals surface area contributed by atoms with E-state index < -0.39 is 35.2 Å². The molecule has 2 unspecified atom stereocenters. The highest BCUT2D eigenvalue weighted by atomic mass is 35.5. The van der Waals surface area contributed by atoms with Crippen LogP contribution in [0.4, 0.5) is 62.5 Å². The molecule has 13 heterocycles. The van der Waals surface area contributed by atoms with Crippen LogP contribution in [0.25, 0.3) is 67.3 Å². The Morgan fingerprint density at radius 2 is 1.12 bits per heavy atom. The van der Waals surface area contributed by atoms with Crippen LogP contribution in [0.2, 0.25) is 5.02 Å². The molecule has 1 aromatic carbocycles. The van der Waals surface area contributed by atoms with Gasteiger partial charge in [0.25, 0.3) is 0 Å². The second-order valence-electron chi connectivity index (χ2n) is 20.2. The highest BCUT2D eigenvalue weighted by molar-refractivity contribution is 6.31. The summed E-state index contributed by atoms with van der Waals surface area (Å²) in [5.74, 6) is 1.36. The minimum Gasteiger partial charge on any atom is -0.473 e. The zero-order chi connectivity index (χ0) is 58.9. The van der Waals surface area contributed by atoms with Gasteiger partial charge in [0.05, 0.1) is 33.8 Å². The first-order valence-electron chi connectivity index (χ1n) is 26.6. The Bertz CT molecular complexity index is 3960. The Kier molecular flexibility index (Phi) is 16.0. The Hall–Kier alpha value is -8.69. The van der Waals surface area contributed by atoms with E-state index in [4.69, 9.17) is 22.1 Å². The first kappa shape index (κ1) is 57.1. The van der Waals surface area contributed by atoms with Crippen LogP contribution in [0.1, 0.15) is 56.4 Å². The van der Waals surface area contributed by atoms with Gasteiger partial charge in [-0.3, -0.25) is 20.2 Å². The Balaban J connectivity index is 0.000000207. The van der Waals surface area contributed by atoms with Crippen LogP contribution < -0.4 is 21.1 Å². The number of halogens is 10. The Morgan fingerprint density at radius 1 is 0.619 bits per heavy atom. The van der Waals surface area contributed by atoms with Gasteiger partial charge >= 0.3 is 18.5 Å². The summed E-state index contributed by atoms with van der Waals surface area (Å²) in [6.45, 7) is 7.84. The number of aromatic amines is 3. The first-order valence-corrected chi connectivity index (χ1v) is 27.0. The summed E-state index contributed by atoms with van der Waals surface area (Å²) in [5, 5.41) is 28.0. The van der Waals surface area contributed by atoms with Crippen molar-refractivity contribution < 1.29 is 51.4 Å². The predicted molar refractivity (Wildman–Crippen MR) is 308 cm³/mol. The molecule has 18 nitrogen and oxygen atoms in total. The molecular weight excluding hydrogens is 1130 g/mol. The Morgan fingerprint density at radius 3 is 1.61 bits per heavy atom. The molecule has 2 atom stereocenters. The third kappa shape index (κ3) is 12.6. The number of rotatable bonds is 10. The lowest BCUT2D eigenvalue weighted by molar-refractivity contribution is -0.138. The van der Waals surface area contributed by atoms with E-state index in [2.05, 4.69) is 87.9 Å². The smallest absolute Gasteiger partial charge is 0.418 e. The van der Waals surface area contributed by atoms with Crippen molar-refractivity contribution in [2.45, 2.75) is 63.3 Å². The van der Waals surface area contributed by atoms with Crippen LogP contribution in [0.15, 0.2) is 110 Å². The summed E-state index contributed by atoms with van der Waals surface area (Å²) in [7, 11) is 0. The summed E-state index contributed by atoms with van der Waals surface area (Å²) >= 11 is 5.97. The number of H-pyrrole nitrogens is 3. The van der Waals surface area contributed by atoms with Crippen LogP contribution in [0, 0.1) is 5.92 Å². The lowest BCUT2D eigenvalue weighted by Gasteiger charge is -2.45. The van der Waals surface area contributed by atoms with E-state index >= 15 is 0 Å². The lowest BCUT2D eigenvalue weighted by Crippen LogP contribution is -2.53. The SMILES string of the molecule is CCN1CCCC(Oc2ccc(C(F)(F)F)c(-c3[nH]nc4ncccc34)n2)C1.FC(F)(F)c1ccc(NC2CN3CCC2CC3)nc1-c1[nH]nc2ncccc12.Nc1cc(Cl)cc(Nc2ccc(C(F)(F)F)c(-c3[nH]nc4ncccc34)n2)c1.[HH].[HH].[HH].[HH].[HH]. The van der Waals surface area contributed by atoms with Crippen molar-refractivity contribution in [1.82, 2.24) is 70.3 Å². The number of likely N-dealkylation sites (N-methyl/N-ethyl adjacent to an activating group) is 1. The molecule has 446 valence electrons. The number of pyridine rings is 6. The average molecular weight is 1190 g/mol. The molecule has 28 heteroatoms. The van der Waals surface area contributed by atoms with E-state index in [-0.39, 0.29) is 65.1 Å². The summed E-state index contributed by atoms with van der Waals surface area (Å²) in [5.41, 5.74) is 5.00. The second kappa shape index (κ2) is 23.5. The zero-order valence-corrected chi connectivity index (χ0v) is 45.1. The van der Waals surface area contributed by atoms with E-state index in [0.717, 1.165) is 83.2 Å². The number of aromatic nitrogens is 12. The first-order chi connectivity index (χ1) is 40.2. The number of nitrogen functional groups attached to an aromatic ring is 1. The second-order valence-corrected chi connectivity index (χ2v) is 20.6. The third-order valence-corrected chi connectivity index (χ3v) is 14.9. The molecule has 14 rings (SSSR count). The maximum absolute atomic E-state index is 13.6. The van der Waals surface area contributed by atoms with Crippen molar-refractivity contribution in [1.29, 1.82) is 0 Å². The quantitative estimate of drug-likeness (QED) is 0.0553. The molecule has 0 radical (unpaired) electrons. The minimum absolute atomic E-state index is 0. The molecule has 9 aromatic heterocycles. The van der Waals surface area contributed by atoms with Gasteiger partial charge in [-0.15, -0.1) is 0 Å². The molecule has 4 fully saturated rings. The van der Waals surface area contributed by atoms with Crippen molar-refractivity contribution in [2.24, 2.45) is 5.92 Å². The van der Waals surface area contributed by atoms with Gasteiger partial charge in [0.1, 0.15) is 34.8 Å². The number of alkyl halides is 9. The van der Waals surface area contributed by atoms with Crippen LogP contribution in [0.3, 0.4) is 0 Å². The number of piperidine rings is 4. The summed E-state index contributed by atoms with van der Waals surface area (Å²) in [6, 6.07) is 21.9. The minimum atomic E-state index is -4.60. The van der Waals surface area contributed by atoms with Crippen LogP contribution >= 0.6 is 11.6 Å². The van der Waals surface area contributed by atoms with Gasteiger partial charge in [-0.05, 0) is 143 Å². The number of fused-ring (bicyclic) bond motifs is 6. The molecule has 4 aliphatic rings. The summed E-state index contributed by atoms with van der Waals surface area (Å²) in [4.78, 5) is 29.6. The van der Waals surface area contributed by atoms with Gasteiger partial charge in [-0.25, -0.2) is 29.9 Å². The fraction of sp³-hybridized carbons (Fsp3) is 0.304. The van der Waals surface area contributed by atoms with Crippen LogP contribution in [0.5, 0.6) is 5.88 Å². The maximum atomic E-state index is 13.6. The molecule has 2 bridgehead atoms. The average Bonchev–Trinajstić information content (AvgIpc) is 2.55. The Labute approximate surface area is 484 Å². The number of hydrogen-bond acceptors (Lipinski definition) is 15. The van der Waals surface area contributed by atoms with Crippen LogP contribution in [-0.4, -0.2) is 122 Å². The standard InChI is InChI=1S/C19H19F3N6.C19H20F3N5O.C18H12ClF3N6.5H2/c20-19(21,22)13-3-4-15(24-14-10-28-8-5-11(14)6-9-28)25-17(13)16-12-2-1-7-23-18(12)27-26-16;1-2-27-10-4-5-12(11-27)28-15-8-7-14(19(20,21)22)17(24-15)16-13-6-3-9-23-18(13)26-25-16;19-9-6-10(23)8-11(7-9)25-14-4-3-13(18(20,21)22)16(26-14)15-12-2-1-5-24-17(12)28-27-15;;;;;/h1-4,7,11,14H,5-6,8-10H2,(H,24,25)(H,23,26,27);3,6-9,12H,2,4-5,10-11H2,1H3,(H,23,25,26);1-8H,23H2,(H,25,26)(H,24,27,28);5*1H. The highest BCUT2D eigenvalue weighted by Gasteiger charge is 2.40. The monoisotopic (exact) mass is 1190 g/mol. The van der Waals surface area contributed by atoms with Gasteiger partial charge in [-0.1, -0.05) is 18.5 Å². The van der Waals surface area contributed by atoms with Crippen molar-refractivity contribution >= 4 is 67.7 Å². The van der Waals surface area contributed by atoms with Gasteiger partial charge in [-0.2, -0.15) is 54.8 Å². The fourth-order valence-electron chi connectivity index (χ4n) is 10.6. The van der Waals surface area contributed by atoms with Gasteiger partial charge in [0.15, 0.2) is 16.9 Å². The van der Waals surface area contributed by atoms with Crippen LogP contribution in [-0.2, 0) is 18.5 Å². The van der Waals surface area contributed by atoms with Gasteiger partial charge in [0.2, 0.25) is 5.88 Å². The zero-order valence-electron chi connectivity index (χ0n) is 44.4. The van der Waals surface area contributed by atoms with Crippen molar-refractivity contribution in [3.63, 3.8) is 0 Å². The number of likely N-dealkylation sites (tertiary alicyclic amines) is 1. The predicted octanol–water partition coefficient (Wildman–Crippen LogP) is 13.7. The number of nitrogens with two attached hydrogens (primary N) is 1. The van der Waals surface area contributed by atoms with E-state index in [1.807, 2.05) is 0 Å². The molecule has 0 amide bonds. The number of anilines is 4. The normalized spacial score (nSPS) is 18.3. The molecule has 84 heavy (non-hydrogen) atoms. The highest BCUT2D eigenvalue weighted by Crippen LogP contribution is 2.42. The van der Waals surface area contributed by atoms with Gasteiger partial charge < -0.3 is 26.0 Å². The number of benzene rings is 1. The fourth-order valence-corrected chi connectivity index (χ4v) is 10.9. The largest absolute Gasteiger partial charge is 0.473 e. The molecule has 4 saturated heterocycles. The maximum Gasteiger partial charge on any atom is 0.418 e. The number of nitrogens with zero attached hydrogens (tertiary/aromatic N) is 11. The molecular formula is C56H61ClF9N17O. The molecule has 0 saturated carbocycles. The summed E-state index contributed by atoms with van der Waals surface area (Å²) in [6.07, 6.45) is -5.10.